The van der Waals surface area contributed by atoms with Gasteiger partial charge in [0.1, 0.15) is 5.82 Å². The van der Waals surface area contributed by atoms with Crippen LogP contribution in [-0.4, -0.2) is 18.5 Å². The predicted molar refractivity (Wildman–Crippen MR) is 79.4 cm³/mol. The summed E-state index contributed by atoms with van der Waals surface area (Å²) < 4.78 is 13.8. The summed E-state index contributed by atoms with van der Waals surface area (Å²) >= 11 is 3.26. The van der Waals surface area contributed by atoms with E-state index in [2.05, 4.69) is 27.9 Å². The zero-order chi connectivity index (χ0) is 13.4. The molecule has 0 aromatic heterocycles. The maximum atomic E-state index is 13.2. The molecule has 2 bridgehead atoms. The van der Waals surface area contributed by atoms with Crippen LogP contribution in [0.25, 0.3) is 0 Å². The van der Waals surface area contributed by atoms with Crippen molar-refractivity contribution in [3.8, 4) is 0 Å². The third-order valence-electron chi connectivity index (χ3n) is 4.87. The lowest BCUT2D eigenvalue weighted by atomic mass is 9.88. The average Bonchev–Trinajstić information content (AvgIpc) is 2.96. The predicted octanol–water partition coefficient (Wildman–Crippen LogP) is 4.46. The quantitative estimate of drug-likeness (QED) is 0.790. The molecule has 19 heavy (non-hydrogen) atoms. The van der Waals surface area contributed by atoms with Crippen LogP contribution in [0.1, 0.15) is 31.2 Å². The summed E-state index contributed by atoms with van der Waals surface area (Å²) in [6.07, 6.45) is 5.82. The van der Waals surface area contributed by atoms with E-state index < -0.39 is 0 Å². The molecule has 3 unspecified atom stereocenters. The highest BCUT2D eigenvalue weighted by Crippen LogP contribution is 2.48. The Labute approximate surface area is 123 Å². The van der Waals surface area contributed by atoms with Crippen LogP contribution in [0.4, 0.5) is 4.39 Å². The van der Waals surface area contributed by atoms with Crippen LogP contribution >= 0.6 is 15.9 Å². The Hall–Kier alpha value is -0.410. The lowest BCUT2D eigenvalue weighted by Gasteiger charge is -2.27. The fourth-order valence-corrected chi connectivity index (χ4v) is 4.44. The molecule has 0 spiro atoms. The Morgan fingerprint density at radius 1 is 1.32 bits per heavy atom. The van der Waals surface area contributed by atoms with Gasteiger partial charge in [-0.05, 0) is 77.7 Å². The van der Waals surface area contributed by atoms with Gasteiger partial charge in [0.15, 0.2) is 0 Å². The first kappa shape index (κ1) is 13.6. The second-order valence-electron chi connectivity index (χ2n) is 6.38. The molecule has 0 saturated heterocycles. The number of rotatable bonds is 4. The van der Waals surface area contributed by atoms with Crippen molar-refractivity contribution < 1.29 is 4.39 Å². The number of fused-ring (bicyclic) bond motifs is 2. The summed E-state index contributed by atoms with van der Waals surface area (Å²) in [5, 5.41) is 0. The van der Waals surface area contributed by atoms with Gasteiger partial charge >= 0.3 is 0 Å². The van der Waals surface area contributed by atoms with E-state index >= 15 is 0 Å². The molecule has 3 rings (SSSR count). The third-order valence-corrected chi connectivity index (χ3v) is 5.47. The number of benzene rings is 1. The smallest absolute Gasteiger partial charge is 0.137 e. The lowest BCUT2D eigenvalue weighted by molar-refractivity contribution is 0.214. The summed E-state index contributed by atoms with van der Waals surface area (Å²) in [4.78, 5) is 2.39. The molecule has 0 N–H and O–H groups in total. The minimum absolute atomic E-state index is 0.181. The molecule has 2 aliphatic rings. The Kier molecular flexibility index (Phi) is 3.95. The van der Waals surface area contributed by atoms with Gasteiger partial charge in [0.25, 0.3) is 0 Å². The molecule has 0 radical (unpaired) electrons. The fraction of sp³-hybridized carbons (Fsp3) is 0.625. The van der Waals surface area contributed by atoms with Crippen molar-refractivity contribution in [2.75, 3.05) is 13.6 Å². The van der Waals surface area contributed by atoms with Gasteiger partial charge in [0.05, 0.1) is 4.47 Å². The normalized spacial score (nSPS) is 29.4. The Balaban J connectivity index is 1.56. The number of nitrogens with zero attached hydrogens (tertiary/aromatic N) is 1. The van der Waals surface area contributed by atoms with Crippen molar-refractivity contribution in [2.45, 2.75) is 32.2 Å². The summed E-state index contributed by atoms with van der Waals surface area (Å²) in [5.74, 6) is 2.71. The van der Waals surface area contributed by atoms with Crippen molar-refractivity contribution in [3.63, 3.8) is 0 Å². The molecule has 2 aliphatic carbocycles. The molecule has 1 nitrogen and oxygen atoms in total. The van der Waals surface area contributed by atoms with Gasteiger partial charge < -0.3 is 4.90 Å². The SMILES string of the molecule is CN(Cc1ccc(F)c(Br)c1)CC1CC2CCC1C2. The second-order valence-corrected chi connectivity index (χ2v) is 7.23. The summed E-state index contributed by atoms with van der Waals surface area (Å²) in [6, 6.07) is 5.33. The zero-order valence-electron chi connectivity index (χ0n) is 11.4. The van der Waals surface area contributed by atoms with E-state index in [-0.39, 0.29) is 5.82 Å². The average molecular weight is 326 g/mol. The van der Waals surface area contributed by atoms with Crippen molar-refractivity contribution in [2.24, 2.45) is 17.8 Å². The Bertz CT molecular complexity index is 462. The van der Waals surface area contributed by atoms with Gasteiger partial charge in [-0.3, -0.25) is 0 Å². The van der Waals surface area contributed by atoms with Crippen LogP contribution < -0.4 is 0 Å². The van der Waals surface area contributed by atoms with Crippen LogP contribution in [-0.2, 0) is 6.54 Å². The van der Waals surface area contributed by atoms with Crippen molar-refractivity contribution in [1.82, 2.24) is 4.90 Å². The van der Waals surface area contributed by atoms with Gasteiger partial charge in [0.2, 0.25) is 0 Å². The zero-order valence-corrected chi connectivity index (χ0v) is 13.0. The molecule has 3 heteroatoms. The molecule has 2 saturated carbocycles. The third kappa shape index (κ3) is 3.03. The van der Waals surface area contributed by atoms with Gasteiger partial charge in [-0.1, -0.05) is 12.5 Å². The molecular weight excluding hydrogens is 305 g/mol. The van der Waals surface area contributed by atoms with Gasteiger partial charge in [-0.25, -0.2) is 4.39 Å². The lowest BCUT2D eigenvalue weighted by Crippen LogP contribution is -2.28. The van der Waals surface area contributed by atoms with E-state index in [0.29, 0.717) is 4.47 Å². The minimum atomic E-state index is -0.181. The summed E-state index contributed by atoms with van der Waals surface area (Å²) in [7, 11) is 2.18. The molecule has 1 aromatic carbocycles. The first-order valence-electron chi connectivity index (χ1n) is 7.24. The molecule has 0 aliphatic heterocycles. The van der Waals surface area contributed by atoms with E-state index in [9.17, 15) is 4.39 Å². The first-order valence-corrected chi connectivity index (χ1v) is 8.03. The van der Waals surface area contributed by atoms with Gasteiger partial charge in [-0.2, -0.15) is 0 Å². The maximum absolute atomic E-state index is 13.2. The van der Waals surface area contributed by atoms with E-state index in [4.69, 9.17) is 0 Å². The van der Waals surface area contributed by atoms with Crippen LogP contribution in [0, 0.1) is 23.6 Å². The topological polar surface area (TPSA) is 3.24 Å². The van der Waals surface area contributed by atoms with Gasteiger partial charge in [0, 0.05) is 13.1 Å². The summed E-state index contributed by atoms with van der Waals surface area (Å²) in [5.41, 5.74) is 1.18. The molecule has 2 fully saturated rings. The molecule has 0 heterocycles. The van der Waals surface area contributed by atoms with Crippen LogP contribution in [0.15, 0.2) is 22.7 Å². The number of hydrogen-bond acceptors (Lipinski definition) is 1. The monoisotopic (exact) mass is 325 g/mol. The maximum Gasteiger partial charge on any atom is 0.137 e. The molecular formula is C16H21BrFN. The Morgan fingerprint density at radius 2 is 2.16 bits per heavy atom. The fourth-order valence-electron chi connectivity index (χ4n) is 4.01. The second kappa shape index (κ2) is 5.53. The number of halogens is 2. The van der Waals surface area contributed by atoms with Crippen LogP contribution in [0.5, 0.6) is 0 Å². The summed E-state index contributed by atoms with van der Waals surface area (Å²) in [6.45, 7) is 2.10. The Morgan fingerprint density at radius 3 is 2.79 bits per heavy atom. The van der Waals surface area contributed by atoms with Crippen molar-refractivity contribution >= 4 is 15.9 Å². The van der Waals surface area contributed by atoms with Crippen LogP contribution in [0.3, 0.4) is 0 Å². The highest BCUT2D eigenvalue weighted by Gasteiger charge is 2.39. The molecule has 104 valence electrons. The molecule has 3 atom stereocenters. The molecule has 1 aromatic rings. The van der Waals surface area contributed by atoms with Crippen molar-refractivity contribution in [1.29, 1.82) is 0 Å². The first-order chi connectivity index (χ1) is 9.11. The van der Waals surface area contributed by atoms with Crippen molar-refractivity contribution in [3.05, 3.63) is 34.1 Å². The van der Waals surface area contributed by atoms with E-state index in [1.165, 1.54) is 37.8 Å². The van der Waals surface area contributed by atoms with E-state index in [1.54, 1.807) is 6.07 Å². The van der Waals surface area contributed by atoms with Crippen LogP contribution in [0.2, 0.25) is 0 Å². The number of hydrogen-bond donors (Lipinski definition) is 0. The molecule has 0 amide bonds. The van der Waals surface area contributed by atoms with E-state index in [1.807, 2.05) is 12.1 Å². The van der Waals surface area contributed by atoms with E-state index in [0.717, 1.165) is 24.3 Å². The largest absolute Gasteiger partial charge is 0.302 e. The highest BCUT2D eigenvalue weighted by atomic mass is 79.9. The van der Waals surface area contributed by atoms with Gasteiger partial charge in [-0.15, -0.1) is 0 Å². The minimum Gasteiger partial charge on any atom is -0.302 e. The standard InChI is InChI=1S/C16H21BrFN/c1-19(9-12-3-5-16(18)15(17)8-12)10-14-7-11-2-4-13(14)6-11/h3,5,8,11,13-14H,2,4,6-7,9-10H2,1H3. The highest BCUT2D eigenvalue weighted by molar-refractivity contribution is 9.10.